The van der Waals surface area contributed by atoms with E-state index in [0.717, 1.165) is 24.2 Å². The summed E-state index contributed by atoms with van der Waals surface area (Å²) in [4.78, 5) is 4.39. The zero-order chi connectivity index (χ0) is 9.97. The molecule has 1 saturated carbocycles. The molecular weight excluding hydrogens is 176 g/mol. The summed E-state index contributed by atoms with van der Waals surface area (Å²) >= 11 is 0. The molecule has 3 heteroatoms. The monoisotopic (exact) mass is 192 g/mol. The van der Waals surface area contributed by atoms with Crippen LogP contribution in [0, 0.1) is 0 Å². The minimum absolute atomic E-state index is 0.00972. The molecule has 0 bridgehead atoms. The van der Waals surface area contributed by atoms with E-state index in [9.17, 15) is 0 Å². The highest BCUT2D eigenvalue weighted by atomic mass is 16.3. The van der Waals surface area contributed by atoms with Gasteiger partial charge in [-0.15, -0.1) is 0 Å². The average molecular weight is 192 g/mol. The highest BCUT2D eigenvalue weighted by Crippen LogP contribution is 2.32. The number of aromatic nitrogens is 1. The van der Waals surface area contributed by atoms with Crippen molar-refractivity contribution in [3.63, 3.8) is 0 Å². The molecule has 1 aliphatic carbocycles. The van der Waals surface area contributed by atoms with Crippen molar-refractivity contribution in [2.45, 2.75) is 37.8 Å². The molecule has 0 saturated heterocycles. The van der Waals surface area contributed by atoms with Gasteiger partial charge in [0.1, 0.15) is 0 Å². The summed E-state index contributed by atoms with van der Waals surface area (Å²) in [5, 5.41) is 8.98. The molecule has 0 radical (unpaired) electrons. The van der Waals surface area contributed by atoms with Crippen molar-refractivity contribution in [2.24, 2.45) is 5.73 Å². The Hall–Kier alpha value is -0.930. The summed E-state index contributed by atoms with van der Waals surface area (Å²) in [5.41, 5.74) is 7.78. The summed E-state index contributed by atoms with van der Waals surface area (Å²) in [6, 6.07) is 6.04. The molecule has 76 valence electrons. The normalized spacial score (nSPS) is 26.7. The van der Waals surface area contributed by atoms with Crippen LogP contribution in [0.1, 0.15) is 36.6 Å². The van der Waals surface area contributed by atoms with Crippen molar-refractivity contribution in [3.8, 4) is 0 Å². The molecular formula is C11H16N2O. The maximum absolute atomic E-state index is 8.98. The Morgan fingerprint density at radius 2 is 2.29 bits per heavy atom. The fraction of sp³-hybridized carbons (Fsp3) is 0.545. The number of nitrogens with two attached hydrogens (primary N) is 1. The van der Waals surface area contributed by atoms with E-state index < -0.39 is 0 Å². The number of aliphatic hydroxyl groups is 1. The van der Waals surface area contributed by atoms with E-state index in [1.54, 1.807) is 0 Å². The first-order chi connectivity index (χ1) is 6.81. The first-order valence-electron chi connectivity index (χ1n) is 5.13. The van der Waals surface area contributed by atoms with Crippen molar-refractivity contribution in [3.05, 3.63) is 29.6 Å². The molecule has 14 heavy (non-hydrogen) atoms. The molecule has 1 aliphatic rings. The van der Waals surface area contributed by atoms with Gasteiger partial charge in [0.05, 0.1) is 12.3 Å². The van der Waals surface area contributed by atoms with Crippen molar-refractivity contribution < 1.29 is 5.11 Å². The summed E-state index contributed by atoms with van der Waals surface area (Å²) in [7, 11) is 0. The van der Waals surface area contributed by atoms with E-state index in [1.165, 1.54) is 6.42 Å². The second kappa shape index (κ2) is 4.07. The third kappa shape index (κ3) is 1.79. The topological polar surface area (TPSA) is 59.1 Å². The molecule has 2 unspecified atom stereocenters. The van der Waals surface area contributed by atoms with Gasteiger partial charge in [-0.2, -0.15) is 0 Å². The number of pyridine rings is 1. The van der Waals surface area contributed by atoms with E-state index in [1.807, 2.05) is 18.2 Å². The SMILES string of the molecule is NC1CCCC1c1cccc(CO)n1. The van der Waals surface area contributed by atoms with Crippen molar-refractivity contribution in [2.75, 3.05) is 0 Å². The fourth-order valence-corrected chi connectivity index (χ4v) is 2.15. The van der Waals surface area contributed by atoms with Crippen LogP contribution in [0.3, 0.4) is 0 Å². The van der Waals surface area contributed by atoms with Crippen LogP contribution in [0.2, 0.25) is 0 Å². The number of nitrogens with zero attached hydrogens (tertiary/aromatic N) is 1. The van der Waals surface area contributed by atoms with E-state index >= 15 is 0 Å². The highest BCUT2D eigenvalue weighted by Gasteiger charge is 2.26. The Balaban J connectivity index is 2.22. The van der Waals surface area contributed by atoms with Crippen molar-refractivity contribution in [1.82, 2.24) is 4.98 Å². The third-order valence-electron chi connectivity index (χ3n) is 2.94. The molecule has 0 spiro atoms. The maximum Gasteiger partial charge on any atom is 0.0853 e. The van der Waals surface area contributed by atoms with Gasteiger partial charge in [0.2, 0.25) is 0 Å². The van der Waals surface area contributed by atoms with Gasteiger partial charge in [-0.05, 0) is 25.0 Å². The van der Waals surface area contributed by atoms with Crippen LogP contribution in [-0.2, 0) is 6.61 Å². The summed E-state index contributed by atoms with van der Waals surface area (Å²) in [6.45, 7) is 0.00972. The molecule has 3 N–H and O–H groups in total. The highest BCUT2D eigenvalue weighted by molar-refractivity contribution is 5.17. The Labute approximate surface area is 84.0 Å². The molecule has 2 rings (SSSR count). The number of rotatable bonds is 2. The van der Waals surface area contributed by atoms with Gasteiger partial charge in [0.25, 0.3) is 0 Å². The molecule has 0 aromatic carbocycles. The smallest absolute Gasteiger partial charge is 0.0853 e. The number of hydrogen-bond donors (Lipinski definition) is 2. The van der Waals surface area contributed by atoms with Crippen LogP contribution >= 0.6 is 0 Å². The minimum atomic E-state index is 0.00972. The first-order valence-corrected chi connectivity index (χ1v) is 5.13. The lowest BCUT2D eigenvalue weighted by Crippen LogP contribution is -2.23. The average Bonchev–Trinajstić information content (AvgIpc) is 2.65. The Morgan fingerprint density at radius 1 is 1.43 bits per heavy atom. The molecule has 1 aromatic heterocycles. The predicted molar refractivity (Wildman–Crippen MR) is 54.7 cm³/mol. The van der Waals surface area contributed by atoms with E-state index in [-0.39, 0.29) is 12.6 Å². The van der Waals surface area contributed by atoms with Gasteiger partial charge in [0.15, 0.2) is 0 Å². The number of hydrogen-bond acceptors (Lipinski definition) is 3. The standard InChI is InChI=1S/C11H16N2O/c12-10-5-2-4-9(10)11-6-1-3-8(7-14)13-11/h1,3,6,9-10,14H,2,4-5,7,12H2. The molecule has 1 fully saturated rings. The Kier molecular flexibility index (Phi) is 2.79. The lowest BCUT2D eigenvalue weighted by atomic mass is 9.99. The molecule has 0 aliphatic heterocycles. The van der Waals surface area contributed by atoms with Crippen LogP contribution in [0.15, 0.2) is 18.2 Å². The second-order valence-corrected chi connectivity index (χ2v) is 3.91. The molecule has 2 atom stereocenters. The lowest BCUT2D eigenvalue weighted by Gasteiger charge is -2.14. The van der Waals surface area contributed by atoms with Gasteiger partial charge in [-0.3, -0.25) is 4.98 Å². The quantitative estimate of drug-likeness (QED) is 0.739. The van der Waals surface area contributed by atoms with Crippen LogP contribution in [-0.4, -0.2) is 16.1 Å². The van der Waals surface area contributed by atoms with Crippen molar-refractivity contribution in [1.29, 1.82) is 0 Å². The third-order valence-corrected chi connectivity index (χ3v) is 2.94. The lowest BCUT2D eigenvalue weighted by molar-refractivity contribution is 0.276. The largest absolute Gasteiger partial charge is 0.390 e. The van der Waals surface area contributed by atoms with Gasteiger partial charge >= 0.3 is 0 Å². The zero-order valence-corrected chi connectivity index (χ0v) is 8.19. The van der Waals surface area contributed by atoms with E-state index in [4.69, 9.17) is 10.8 Å². The van der Waals surface area contributed by atoms with Crippen LogP contribution in [0.25, 0.3) is 0 Å². The van der Waals surface area contributed by atoms with E-state index in [2.05, 4.69) is 4.98 Å². The Bertz CT molecular complexity index is 314. The second-order valence-electron chi connectivity index (χ2n) is 3.91. The van der Waals surface area contributed by atoms with Crippen LogP contribution < -0.4 is 5.73 Å². The number of aliphatic hydroxyl groups excluding tert-OH is 1. The molecule has 0 amide bonds. The summed E-state index contributed by atoms with van der Waals surface area (Å²) in [5.74, 6) is 0.390. The first kappa shape index (κ1) is 9.62. The summed E-state index contributed by atoms with van der Waals surface area (Å²) < 4.78 is 0. The fourth-order valence-electron chi connectivity index (χ4n) is 2.15. The van der Waals surface area contributed by atoms with Gasteiger partial charge in [0, 0.05) is 17.7 Å². The Morgan fingerprint density at radius 3 is 2.93 bits per heavy atom. The predicted octanol–water partition coefficient (Wildman–Crippen LogP) is 1.17. The molecule has 1 aromatic rings. The van der Waals surface area contributed by atoms with E-state index in [0.29, 0.717) is 5.92 Å². The van der Waals surface area contributed by atoms with Crippen molar-refractivity contribution >= 4 is 0 Å². The molecule has 1 heterocycles. The van der Waals surface area contributed by atoms with Gasteiger partial charge in [-0.25, -0.2) is 0 Å². The zero-order valence-electron chi connectivity index (χ0n) is 8.19. The van der Waals surface area contributed by atoms with Gasteiger partial charge < -0.3 is 10.8 Å². The van der Waals surface area contributed by atoms with Crippen LogP contribution in [0.5, 0.6) is 0 Å². The van der Waals surface area contributed by atoms with Crippen LogP contribution in [0.4, 0.5) is 0 Å². The van der Waals surface area contributed by atoms with Gasteiger partial charge in [-0.1, -0.05) is 12.5 Å². The molecule has 3 nitrogen and oxygen atoms in total. The maximum atomic E-state index is 8.98. The summed E-state index contributed by atoms with van der Waals surface area (Å²) in [6.07, 6.45) is 3.41. The minimum Gasteiger partial charge on any atom is -0.390 e.